The van der Waals surface area contributed by atoms with E-state index in [2.05, 4.69) is 9.47 Å². The van der Waals surface area contributed by atoms with Gasteiger partial charge in [0.1, 0.15) is 0 Å². The van der Waals surface area contributed by atoms with E-state index in [4.69, 9.17) is 5.11 Å². The molecule has 0 aliphatic carbocycles. The molecule has 0 radical (unpaired) electrons. The highest BCUT2D eigenvalue weighted by Crippen LogP contribution is 1.92. The van der Waals surface area contributed by atoms with E-state index >= 15 is 0 Å². The molecular weight excluding hydrogens is 176 g/mol. The van der Waals surface area contributed by atoms with Crippen LogP contribution in [0.2, 0.25) is 0 Å². The Morgan fingerprint density at radius 2 is 1.31 bits per heavy atom. The van der Waals surface area contributed by atoms with Crippen LogP contribution < -0.4 is 0 Å². The van der Waals surface area contributed by atoms with Crippen LogP contribution in [0, 0.1) is 0 Å². The predicted octanol–water partition coefficient (Wildman–Crippen LogP) is 0.111. The quantitative estimate of drug-likeness (QED) is 0.642. The number of carbonyl (C=O) groups is 2. The number of ether oxygens (including phenoxy) is 2. The lowest BCUT2D eigenvalue weighted by molar-refractivity contribution is -0.147. The Kier molecular flexibility index (Phi) is 12.1. The molecule has 78 valence electrons. The summed E-state index contributed by atoms with van der Waals surface area (Å²) in [5.74, 6) is -0.796. The molecule has 0 aromatic heterocycles. The first-order valence-corrected chi connectivity index (χ1v) is 3.86. The molecule has 1 N–H and O–H groups in total. The van der Waals surface area contributed by atoms with Gasteiger partial charge < -0.3 is 14.6 Å². The Morgan fingerprint density at radius 1 is 1.08 bits per heavy atom. The molecule has 5 nitrogen and oxygen atoms in total. The third-order valence-corrected chi connectivity index (χ3v) is 0.989. The van der Waals surface area contributed by atoms with Crippen molar-refractivity contribution < 1.29 is 24.2 Å². The van der Waals surface area contributed by atoms with E-state index in [0.717, 1.165) is 0 Å². The van der Waals surface area contributed by atoms with E-state index in [-0.39, 0.29) is 19.4 Å². The van der Waals surface area contributed by atoms with Gasteiger partial charge in [0.15, 0.2) is 0 Å². The highest BCUT2D eigenvalue weighted by molar-refractivity contribution is 5.77. The molecule has 0 spiro atoms. The number of aliphatic hydroxyl groups is 1. The summed E-state index contributed by atoms with van der Waals surface area (Å²) in [6, 6.07) is 0. The lowest BCUT2D eigenvalue weighted by Gasteiger charge is -1.96. The van der Waals surface area contributed by atoms with Crippen LogP contribution in [0.3, 0.4) is 0 Å². The number of hydrogen-bond donors (Lipinski definition) is 1. The van der Waals surface area contributed by atoms with Crippen LogP contribution in [0.4, 0.5) is 0 Å². The van der Waals surface area contributed by atoms with Crippen molar-refractivity contribution in [2.24, 2.45) is 0 Å². The average molecular weight is 192 g/mol. The standard InChI is InChI=1S/C6H10O4.C2H6O/c1-9-5(7)3-4-6(8)10-2;1-2-3/h3-4H2,1-2H3;3H,2H2,1H3. The zero-order valence-corrected chi connectivity index (χ0v) is 8.20. The first kappa shape index (κ1) is 14.4. The van der Waals surface area contributed by atoms with Gasteiger partial charge in [-0.2, -0.15) is 0 Å². The Labute approximate surface area is 77.6 Å². The molecule has 0 aromatic rings. The number of esters is 2. The molecular formula is C8H16O5. The molecule has 0 bridgehead atoms. The molecule has 0 aliphatic rings. The fraction of sp³-hybridized carbons (Fsp3) is 0.750. The zero-order chi connectivity index (χ0) is 10.7. The number of carbonyl (C=O) groups excluding carboxylic acids is 2. The van der Waals surface area contributed by atoms with Gasteiger partial charge in [0.2, 0.25) is 0 Å². The molecule has 0 rings (SSSR count). The second kappa shape index (κ2) is 10.9. The van der Waals surface area contributed by atoms with E-state index in [0.29, 0.717) is 0 Å². The summed E-state index contributed by atoms with van der Waals surface area (Å²) >= 11 is 0. The monoisotopic (exact) mass is 192 g/mol. The Bertz CT molecular complexity index is 127. The molecule has 0 fully saturated rings. The minimum atomic E-state index is -0.398. The topological polar surface area (TPSA) is 72.8 Å². The second-order valence-electron chi connectivity index (χ2n) is 1.97. The van der Waals surface area contributed by atoms with Crippen LogP contribution in [0.15, 0.2) is 0 Å². The molecule has 0 aliphatic heterocycles. The lowest BCUT2D eigenvalue weighted by Crippen LogP contribution is -2.06. The van der Waals surface area contributed by atoms with Gasteiger partial charge in [0.05, 0.1) is 27.1 Å². The Morgan fingerprint density at radius 3 is 1.46 bits per heavy atom. The second-order valence-corrected chi connectivity index (χ2v) is 1.97. The van der Waals surface area contributed by atoms with E-state index in [1.165, 1.54) is 14.2 Å². The summed E-state index contributed by atoms with van der Waals surface area (Å²) in [4.78, 5) is 20.8. The van der Waals surface area contributed by atoms with Gasteiger partial charge in [-0.05, 0) is 6.92 Å². The molecule has 0 saturated heterocycles. The SMILES string of the molecule is CCO.COC(=O)CCC(=O)OC. The van der Waals surface area contributed by atoms with Crippen molar-refractivity contribution in [1.29, 1.82) is 0 Å². The smallest absolute Gasteiger partial charge is 0.306 e. The first-order valence-electron chi connectivity index (χ1n) is 3.86. The van der Waals surface area contributed by atoms with Gasteiger partial charge in [-0.15, -0.1) is 0 Å². The van der Waals surface area contributed by atoms with Crippen LogP contribution >= 0.6 is 0 Å². The molecule has 0 atom stereocenters. The molecule has 0 saturated carbocycles. The Hall–Kier alpha value is -1.10. The number of aliphatic hydroxyl groups excluding tert-OH is 1. The normalized spacial score (nSPS) is 8.00. The third-order valence-electron chi connectivity index (χ3n) is 0.989. The molecule has 0 aromatic carbocycles. The van der Waals surface area contributed by atoms with E-state index in [9.17, 15) is 9.59 Å². The van der Waals surface area contributed by atoms with Gasteiger partial charge in [0, 0.05) is 6.61 Å². The van der Waals surface area contributed by atoms with Gasteiger partial charge in [0.25, 0.3) is 0 Å². The van der Waals surface area contributed by atoms with Crippen molar-refractivity contribution in [2.75, 3.05) is 20.8 Å². The van der Waals surface area contributed by atoms with Gasteiger partial charge in [-0.1, -0.05) is 0 Å². The van der Waals surface area contributed by atoms with Crippen LogP contribution in [-0.4, -0.2) is 37.9 Å². The minimum Gasteiger partial charge on any atom is -0.469 e. The van der Waals surface area contributed by atoms with Crippen molar-refractivity contribution in [3.8, 4) is 0 Å². The highest BCUT2D eigenvalue weighted by Gasteiger charge is 2.04. The lowest BCUT2D eigenvalue weighted by atomic mass is 10.3. The van der Waals surface area contributed by atoms with Crippen molar-refractivity contribution >= 4 is 11.9 Å². The van der Waals surface area contributed by atoms with Gasteiger partial charge in [-0.25, -0.2) is 0 Å². The molecule has 0 heterocycles. The van der Waals surface area contributed by atoms with Crippen LogP contribution in [0.1, 0.15) is 19.8 Å². The summed E-state index contributed by atoms with van der Waals surface area (Å²) < 4.78 is 8.60. The number of methoxy groups -OCH3 is 2. The third kappa shape index (κ3) is 13.8. The largest absolute Gasteiger partial charge is 0.469 e. The summed E-state index contributed by atoms with van der Waals surface area (Å²) in [7, 11) is 2.55. The van der Waals surface area contributed by atoms with E-state index in [1.54, 1.807) is 6.92 Å². The molecule has 5 heteroatoms. The molecule has 0 amide bonds. The maximum absolute atomic E-state index is 10.4. The summed E-state index contributed by atoms with van der Waals surface area (Å²) in [5, 5.41) is 7.57. The van der Waals surface area contributed by atoms with Crippen molar-refractivity contribution in [1.82, 2.24) is 0 Å². The van der Waals surface area contributed by atoms with Gasteiger partial charge in [-0.3, -0.25) is 9.59 Å². The molecule has 0 unspecified atom stereocenters. The first-order chi connectivity index (χ1) is 6.12. The van der Waals surface area contributed by atoms with Crippen LogP contribution in [0.25, 0.3) is 0 Å². The van der Waals surface area contributed by atoms with E-state index < -0.39 is 11.9 Å². The minimum absolute atomic E-state index is 0.0865. The maximum Gasteiger partial charge on any atom is 0.306 e. The zero-order valence-electron chi connectivity index (χ0n) is 8.20. The fourth-order valence-corrected chi connectivity index (χ4v) is 0.408. The number of hydrogen-bond acceptors (Lipinski definition) is 5. The van der Waals surface area contributed by atoms with Crippen LogP contribution in [-0.2, 0) is 19.1 Å². The molecule has 13 heavy (non-hydrogen) atoms. The van der Waals surface area contributed by atoms with Crippen molar-refractivity contribution in [3.05, 3.63) is 0 Å². The van der Waals surface area contributed by atoms with Crippen molar-refractivity contribution in [3.63, 3.8) is 0 Å². The average Bonchev–Trinajstić information content (AvgIpc) is 2.14. The summed E-state index contributed by atoms with van der Waals surface area (Å²) in [6.07, 6.45) is 0.173. The predicted molar refractivity (Wildman–Crippen MR) is 46.0 cm³/mol. The van der Waals surface area contributed by atoms with Crippen LogP contribution in [0.5, 0.6) is 0 Å². The van der Waals surface area contributed by atoms with Gasteiger partial charge >= 0.3 is 11.9 Å². The Balaban J connectivity index is 0. The fourth-order valence-electron chi connectivity index (χ4n) is 0.408. The van der Waals surface area contributed by atoms with E-state index in [1.807, 2.05) is 0 Å². The van der Waals surface area contributed by atoms with Crippen molar-refractivity contribution in [2.45, 2.75) is 19.8 Å². The summed E-state index contributed by atoms with van der Waals surface area (Å²) in [6.45, 7) is 1.93. The highest BCUT2D eigenvalue weighted by atomic mass is 16.5. The number of rotatable bonds is 3. The maximum atomic E-state index is 10.4. The summed E-state index contributed by atoms with van der Waals surface area (Å²) in [5.41, 5.74) is 0.